The SMILES string of the molecule is Cc1ccc(S(=O)(=O)N2c3ccc(C(=O)Nc4ccccc4Oc4ccccc4)cc3C[C@@H]2C)cc1. The van der Waals surface area contributed by atoms with E-state index in [1.54, 1.807) is 54.6 Å². The van der Waals surface area contributed by atoms with E-state index in [-0.39, 0.29) is 16.8 Å². The first-order valence-corrected chi connectivity index (χ1v) is 13.1. The molecule has 7 heteroatoms. The number of hydrogen-bond acceptors (Lipinski definition) is 4. The topological polar surface area (TPSA) is 75.7 Å². The third-order valence-corrected chi connectivity index (χ3v) is 8.12. The van der Waals surface area contributed by atoms with Crippen molar-refractivity contribution in [1.82, 2.24) is 0 Å². The second kappa shape index (κ2) is 9.51. The maximum Gasteiger partial charge on any atom is 0.264 e. The predicted octanol–water partition coefficient (Wildman–Crippen LogP) is 6.18. The molecule has 182 valence electrons. The Morgan fingerprint density at radius 2 is 1.61 bits per heavy atom. The molecule has 4 aromatic rings. The van der Waals surface area contributed by atoms with Crippen LogP contribution in [0.5, 0.6) is 11.5 Å². The van der Waals surface area contributed by atoms with Crippen LogP contribution in [0.2, 0.25) is 0 Å². The van der Waals surface area contributed by atoms with Gasteiger partial charge in [0.2, 0.25) is 0 Å². The molecular weight excluding hydrogens is 472 g/mol. The number of fused-ring (bicyclic) bond motifs is 1. The van der Waals surface area contributed by atoms with Gasteiger partial charge in [0.1, 0.15) is 5.75 Å². The van der Waals surface area contributed by atoms with Crippen molar-refractivity contribution in [2.75, 3.05) is 9.62 Å². The first-order chi connectivity index (χ1) is 17.3. The van der Waals surface area contributed by atoms with Gasteiger partial charge in [-0.25, -0.2) is 8.42 Å². The number of ether oxygens (including phenoxy) is 1. The average Bonchev–Trinajstić information content (AvgIpc) is 3.21. The maximum absolute atomic E-state index is 13.4. The highest BCUT2D eigenvalue weighted by atomic mass is 32.2. The molecule has 0 radical (unpaired) electrons. The molecule has 0 saturated carbocycles. The molecule has 1 amide bonds. The van der Waals surface area contributed by atoms with E-state index in [4.69, 9.17) is 4.74 Å². The summed E-state index contributed by atoms with van der Waals surface area (Å²) in [4.78, 5) is 13.4. The first kappa shape index (κ1) is 23.6. The number of nitrogens with one attached hydrogen (secondary N) is 1. The minimum atomic E-state index is -3.72. The van der Waals surface area contributed by atoms with Crippen LogP contribution in [0.25, 0.3) is 0 Å². The maximum atomic E-state index is 13.4. The first-order valence-electron chi connectivity index (χ1n) is 11.7. The molecule has 4 aromatic carbocycles. The molecule has 1 aliphatic rings. The van der Waals surface area contributed by atoms with E-state index in [0.717, 1.165) is 11.1 Å². The van der Waals surface area contributed by atoms with Crippen molar-refractivity contribution in [2.45, 2.75) is 31.2 Å². The molecule has 0 saturated heterocycles. The Hall–Kier alpha value is -4.10. The molecule has 0 fully saturated rings. The van der Waals surface area contributed by atoms with Gasteiger partial charge in [-0.1, -0.05) is 48.0 Å². The Kier molecular flexibility index (Phi) is 6.24. The lowest BCUT2D eigenvalue weighted by atomic mass is 10.1. The van der Waals surface area contributed by atoms with Gasteiger partial charge in [-0.3, -0.25) is 9.10 Å². The third kappa shape index (κ3) is 4.57. The van der Waals surface area contributed by atoms with Crippen LogP contribution in [-0.4, -0.2) is 20.4 Å². The zero-order chi connectivity index (χ0) is 25.3. The molecule has 1 N–H and O–H groups in total. The summed E-state index contributed by atoms with van der Waals surface area (Å²) < 4.78 is 34.2. The van der Waals surface area contributed by atoms with Gasteiger partial charge in [-0.05, 0) is 80.4 Å². The number of para-hydroxylation sites is 3. The fourth-order valence-corrected chi connectivity index (χ4v) is 6.10. The van der Waals surface area contributed by atoms with Gasteiger partial charge in [0, 0.05) is 11.6 Å². The Balaban J connectivity index is 1.39. The summed E-state index contributed by atoms with van der Waals surface area (Å²) in [7, 11) is -3.72. The van der Waals surface area contributed by atoms with E-state index < -0.39 is 10.0 Å². The Morgan fingerprint density at radius 1 is 0.917 bits per heavy atom. The summed E-state index contributed by atoms with van der Waals surface area (Å²) >= 11 is 0. The Bertz CT molecular complexity index is 1520. The Morgan fingerprint density at radius 3 is 2.36 bits per heavy atom. The van der Waals surface area contributed by atoms with Crippen LogP contribution in [0, 0.1) is 6.92 Å². The molecule has 1 aliphatic heterocycles. The molecular formula is C29H26N2O4S. The van der Waals surface area contributed by atoms with Crippen LogP contribution in [0.4, 0.5) is 11.4 Å². The summed E-state index contributed by atoms with van der Waals surface area (Å²) in [6.45, 7) is 3.80. The largest absolute Gasteiger partial charge is 0.455 e. The second-order valence-electron chi connectivity index (χ2n) is 8.88. The molecule has 0 unspecified atom stereocenters. The number of hydrogen-bond donors (Lipinski definition) is 1. The van der Waals surface area contributed by atoms with E-state index >= 15 is 0 Å². The summed E-state index contributed by atoms with van der Waals surface area (Å²) in [6, 6.07) is 28.3. The summed E-state index contributed by atoms with van der Waals surface area (Å²) in [6.07, 6.45) is 0.523. The Labute approximate surface area is 211 Å². The zero-order valence-electron chi connectivity index (χ0n) is 20.0. The molecule has 0 spiro atoms. The van der Waals surface area contributed by atoms with E-state index in [1.807, 2.05) is 56.3 Å². The fraction of sp³-hybridized carbons (Fsp3) is 0.138. The number of rotatable bonds is 6. The van der Waals surface area contributed by atoms with Gasteiger partial charge < -0.3 is 10.1 Å². The number of anilines is 2. The van der Waals surface area contributed by atoms with Crippen molar-refractivity contribution < 1.29 is 17.9 Å². The van der Waals surface area contributed by atoms with Crippen LogP contribution in [0.15, 0.2) is 102 Å². The molecule has 0 aliphatic carbocycles. The van der Waals surface area contributed by atoms with Crippen LogP contribution in [-0.2, 0) is 16.4 Å². The van der Waals surface area contributed by atoms with Crippen molar-refractivity contribution >= 4 is 27.3 Å². The minimum absolute atomic E-state index is 0.254. The van der Waals surface area contributed by atoms with E-state index in [9.17, 15) is 13.2 Å². The summed E-state index contributed by atoms with van der Waals surface area (Å²) in [5.41, 5.74) is 3.41. The van der Waals surface area contributed by atoms with Gasteiger partial charge in [-0.15, -0.1) is 0 Å². The van der Waals surface area contributed by atoms with Gasteiger partial charge in [0.05, 0.1) is 16.3 Å². The monoisotopic (exact) mass is 498 g/mol. The van der Waals surface area contributed by atoms with Crippen molar-refractivity contribution in [1.29, 1.82) is 0 Å². The van der Waals surface area contributed by atoms with Crippen LogP contribution in [0.3, 0.4) is 0 Å². The highest BCUT2D eigenvalue weighted by Gasteiger charge is 2.36. The quantitative estimate of drug-likeness (QED) is 0.344. The number of carbonyl (C=O) groups excluding carboxylic acids is 1. The van der Waals surface area contributed by atoms with Crippen LogP contribution in [0.1, 0.15) is 28.4 Å². The van der Waals surface area contributed by atoms with Crippen molar-refractivity contribution in [3.8, 4) is 11.5 Å². The van der Waals surface area contributed by atoms with Gasteiger partial charge in [0.25, 0.3) is 15.9 Å². The number of sulfonamides is 1. The number of benzene rings is 4. The lowest BCUT2D eigenvalue weighted by molar-refractivity contribution is 0.102. The molecule has 1 atom stereocenters. The minimum Gasteiger partial charge on any atom is -0.455 e. The molecule has 36 heavy (non-hydrogen) atoms. The average molecular weight is 499 g/mol. The second-order valence-corrected chi connectivity index (χ2v) is 10.7. The van der Waals surface area contributed by atoms with Gasteiger partial charge in [0.15, 0.2) is 5.75 Å². The summed E-state index contributed by atoms with van der Waals surface area (Å²) in [5.74, 6) is 0.900. The highest BCUT2D eigenvalue weighted by molar-refractivity contribution is 7.92. The summed E-state index contributed by atoms with van der Waals surface area (Å²) in [5, 5.41) is 2.93. The molecule has 0 aromatic heterocycles. The lowest BCUT2D eigenvalue weighted by Crippen LogP contribution is -2.35. The normalized spacial score (nSPS) is 14.8. The van der Waals surface area contributed by atoms with Crippen LogP contribution >= 0.6 is 0 Å². The van der Waals surface area contributed by atoms with E-state index in [0.29, 0.717) is 34.9 Å². The van der Waals surface area contributed by atoms with Crippen LogP contribution < -0.4 is 14.4 Å². The van der Waals surface area contributed by atoms with E-state index in [1.165, 1.54) is 4.31 Å². The van der Waals surface area contributed by atoms with Crippen molar-refractivity contribution in [3.05, 3.63) is 114 Å². The lowest BCUT2D eigenvalue weighted by Gasteiger charge is -2.24. The predicted molar refractivity (Wildman–Crippen MR) is 141 cm³/mol. The third-order valence-electron chi connectivity index (χ3n) is 6.18. The standard InChI is InChI=1S/C29H26N2O4S/c1-20-12-15-25(16-13-20)36(33,34)31-21(2)18-23-19-22(14-17-27(23)31)29(32)30-26-10-6-7-11-28(26)35-24-8-4-3-5-9-24/h3-17,19,21H,18H2,1-2H3,(H,30,32)/t21-/m0/s1. The fourth-order valence-electron chi connectivity index (χ4n) is 4.40. The molecule has 1 heterocycles. The molecule has 6 nitrogen and oxygen atoms in total. The van der Waals surface area contributed by atoms with E-state index in [2.05, 4.69) is 5.32 Å². The number of amides is 1. The highest BCUT2D eigenvalue weighted by Crippen LogP contribution is 2.37. The van der Waals surface area contributed by atoms with Gasteiger partial charge in [-0.2, -0.15) is 0 Å². The number of carbonyl (C=O) groups is 1. The smallest absolute Gasteiger partial charge is 0.264 e. The number of aryl methyl sites for hydroxylation is 1. The van der Waals surface area contributed by atoms with Gasteiger partial charge >= 0.3 is 0 Å². The molecule has 5 rings (SSSR count). The number of nitrogens with zero attached hydrogens (tertiary/aromatic N) is 1. The zero-order valence-corrected chi connectivity index (χ0v) is 20.8. The van der Waals surface area contributed by atoms with Crippen molar-refractivity contribution in [2.24, 2.45) is 0 Å². The molecule has 0 bridgehead atoms. The van der Waals surface area contributed by atoms with Crippen molar-refractivity contribution in [3.63, 3.8) is 0 Å².